The summed E-state index contributed by atoms with van der Waals surface area (Å²) in [5.41, 5.74) is 2.95. The third-order valence-corrected chi connectivity index (χ3v) is 5.53. The van der Waals surface area contributed by atoms with Crippen LogP contribution in [0.3, 0.4) is 0 Å². The molecule has 1 aliphatic heterocycles. The number of nitrogens with zero attached hydrogens (tertiary/aromatic N) is 1. The van der Waals surface area contributed by atoms with E-state index in [0.29, 0.717) is 30.2 Å². The Morgan fingerprint density at radius 3 is 2.60 bits per heavy atom. The topological polar surface area (TPSA) is 77.8 Å². The Bertz CT molecular complexity index is 1150. The van der Waals surface area contributed by atoms with E-state index < -0.39 is 11.4 Å². The summed E-state index contributed by atoms with van der Waals surface area (Å²) in [4.78, 5) is 23.8. The number of hydrogen-bond donors (Lipinski definition) is 1. The minimum atomic E-state index is -1.21. The highest BCUT2D eigenvalue weighted by Crippen LogP contribution is 2.41. The first-order valence-corrected chi connectivity index (χ1v) is 9.89. The van der Waals surface area contributed by atoms with E-state index in [4.69, 9.17) is 9.47 Å². The van der Waals surface area contributed by atoms with E-state index in [0.717, 1.165) is 23.1 Å². The molecule has 0 aliphatic carbocycles. The van der Waals surface area contributed by atoms with Crippen molar-refractivity contribution in [3.63, 3.8) is 0 Å². The molecular formula is C24H23NO5. The van der Waals surface area contributed by atoms with Crippen molar-refractivity contribution in [3.05, 3.63) is 81.6 Å². The van der Waals surface area contributed by atoms with Gasteiger partial charge >= 0.3 is 5.97 Å². The first kappa shape index (κ1) is 19.8. The number of fused-ring (bicyclic) bond motifs is 3. The molecule has 1 unspecified atom stereocenters. The predicted octanol–water partition coefficient (Wildman–Crippen LogP) is 4.31. The van der Waals surface area contributed by atoms with Crippen molar-refractivity contribution >= 4 is 5.97 Å². The Kier molecular flexibility index (Phi) is 5.31. The van der Waals surface area contributed by atoms with Crippen LogP contribution in [0.1, 0.15) is 40.9 Å². The zero-order valence-electron chi connectivity index (χ0n) is 16.9. The maximum atomic E-state index is 12.4. The van der Waals surface area contributed by atoms with E-state index >= 15 is 0 Å². The minimum Gasteiger partial charge on any atom is -0.493 e. The van der Waals surface area contributed by atoms with Gasteiger partial charge in [0.15, 0.2) is 16.9 Å². The lowest BCUT2D eigenvalue weighted by Gasteiger charge is -2.31. The zero-order chi connectivity index (χ0) is 21.3. The number of aromatic carboxylic acids is 1. The van der Waals surface area contributed by atoms with Crippen LogP contribution in [0, 0.1) is 0 Å². The molecule has 6 nitrogen and oxygen atoms in total. The van der Waals surface area contributed by atoms with Crippen molar-refractivity contribution in [2.24, 2.45) is 0 Å². The molecule has 2 aromatic carbocycles. The van der Waals surface area contributed by atoms with Gasteiger partial charge in [-0.1, -0.05) is 37.3 Å². The van der Waals surface area contributed by atoms with E-state index in [1.54, 1.807) is 7.11 Å². The van der Waals surface area contributed by atoms with Gasteiger partial charge < -0.3 is 19.1 Å². The molecule has 0 spiro atoms. The number of hydrogen-bond acceptors (Lipinski definition) is 4. The van der Waals surface area contributed by atoms with Crippen molar-refractivity contribution in [1.29, 1.82) is 0 Å². The zero-order valence-corrected chi connectivity index (χ0v) is 16.9. The molecular weight excluding hydrogens is 382 g/mol. The molecule has 30 heavy (non-hydrogen) atoms. The number of methoxy groups -OCH3 is 1. The number of pyridine rings is 1. The Hall–Kier alpha value is -3.54. The molecule has 1 aromatic heterocycles. The highest BCUT2D eigenvalue weighted by molar-refractivity contribution is 5.87. The number of carboxylic acids is 1. The average molecular weight is 405 g/mol. The van der Waals surface area contributed by atoms with E-state index in [-0.39, 0.29) is 11.6 Å². The maximum Gasteiger partial charge on any atom is 0.341 e. The smallest absolute Gasteiger partial charge is 0.341 e. The van der Waals surface area contributed by atoms with Gasteiger partial charge in [0, 0.05) is 23.9 Å². The lowest BCUT2D eigenvalue weighted by atomic mass is 9.90. The molecule has 0 saturated heterocycles. The fraction of sp³-hybridized carbons (Fsp3) is 0.250. The van der Waals surface area contributed by atoms with Crippen LogP contribution < -0.4 is 14.9 Å². The molecule has 0 amide bonds. The molecule has 2 heterocycles. The van der Waals surface area contributed by atoms with Crippen LogP contribution in [0.25, 0.3) is 11.3 Å². The highest BCUT2D eigenvalue weighted by Gasteiger charge is 2.27. The first-order chi connectivity index (χ1) is 14.5. The van der Waals surface area contributed by atoms with Crippen LogP contribution in [0.5, 0.6) is 11.5 Å². The quantitative estimate of drug-likeness (QED) is 0.661. The molecule has 1 atom stereocenters. The van der Waals surface area contributed by atoms with E-state index in [1.165, 1.54) is 12.3 Å². The van der Waals surface area contributed by atoms with Crippen LogP contribution in [-0.4, -0.2) is 22.8 Å². The normalized spacial score (nSPS) is 14.5. The number of carboxylic acid groups (broad SMARTS) is 1. The SMILES string of the molecule is CCC1Cc2cc(OCc3ccccc3)c(OC)cc2-c2cc(=O)c(C(=O)O)cn21. The summed E-state index contributed by atoms with van der Waals surface area (Å²) in [5, 5.41) is 9.34. The lowest BCUT2D eigenvalue weighted by molar-refractivity contribution is 0.0694. The largest absolute Gasteiger partial charge is 0.493 e. The number of benzene rings is 2. The van der Waals surface area contributed by atoms with E-state index in [9.17, 15) is 14.7 Å². The summed E-state index contributed by atoms with van der Waals surface area (Å²) >= 11 is 0. The fourth-order valence-electron chi connectivity index (χ4n) is 3.94. The molecule has 0 saturated carbocycles. The number of ether oxygens (including phenoxy) is 2. The Labute approximate surface area is 174 Å². The molecule has 0 bridgehead atoms. The summed E-state index contributed by atoms with van der Waals surface area (Å²) in [5.74, 6) is 0.00652. The monoisotopic (exact) mass is 405 g/mol. The van der Waals surface area contributed by atoms with Gasteiger partial charge in [0.2, 0.25) is 0 Å². The predicted molar refractivity (Wildman–Crippen MR) is 113 cm³/mol. The second-order valence-corrected chi connectivity index (χ2v) is 7.35. The van der Waals surface area contributed by atoms with Crippen LogP contribution in [0.4, 0.5) is 0 Å². The summed E-state index contributed by atoms with van der Waals surface area (Å²) < 4.78 is 13.5. The van der Waals surface area contributed by atoms with Gasteiger partial charge in [0.1, 0.15) is 12.2 Å². The minimum absolute atomic E-state index is 0.0570. The summed E-state index contributed by atoms with van der Waals surface area (Å²) in [6.07, 6.45) is 2.98. The van der Waals surface area contributed by atoms with Gasteiger partial charge in [0.05, 0.1) is 12.8 Å². The number of carbonyl (C=O) groups is 1. The molecule has 3 aromatic rings. The fourth-order valence-corrected chi connectivity index (χ4v) is 3.94. The Morgan fingerprint density at radius 2 is 1.93 bits per heavy atom. The molecule has 0 fully saturated rings. The van der Waals surface area contributed by atoms with Crippen molar-refractivity contribution in [3.8, 4) is 22.8 Å². The molecule has 4 rings (SSSR count). The number of rotatable bonds is 6. The van der Waals surface area contributed by atoms with Gasteiger partial charge in [-0.3, -0.25) is 4.79 Å². The van der Waals surface area contributed by atoms with Gasteiger partial charge in [0.25, 0.3) is 0 Å². The molecule has 1 N–H and O–H groups in total. The molecule has 0 radical (unpaired) electrons. The molecule has 154 valence electrons. The average Bonchev–Trinajstić information content (AvgIpc) is 2.76. The van der Waals surface area contributed by atoms with Crippen molar-refractivity contribution in [2.75, 3.05) is 7.11 Å². The second-order valence-electron chi connectivity index (χ2n) is 7.35. The summed E-state index contributed by atoms with van der Waals surface area (Å²) in [6, 6.07) is 15.2. The first-order valence-electron chi connectivity index (χ1n) is 9.89. The van der Waals surface area contributed by atoms with E-state index in [1.807, 2.05) is 54.0 Å². The summed E-state index contributed by atoms with van der Waals surface area (Å²) in [6.45, 7) is 2.47. The van der Waals surface area contributed by atoms with Gasteiger partial charge in [-0.15, -0.1) is 0 Å². The third-order valence-electron chi connectivity index (χ3n) is 5.53. The van der Waals surface area contributed by atoms with Crippen LogP contribution in [0.2, 0.25) is 0 Å². The van der Waals surface area contributed by atoms with Crippen molar-refractivity contribution < 1.29 is 19.4 Å². The van der Waals surface area contributed by atoms with Gasteiger partial charge in [-0.25, -0.2) is 4.79 Å². The maximum absolute atomic E-state index is 12.4. The second kappa shape index (κ2) is 8.06. The van der Waals surface area contributed by atoms with E-state index in [2.05, 4.69) is 0 Å². The third kappa shape index (κ3) is 3.56. The standard InChI is InChI=1S/C24H23NO5/c1-3-17-9-16-10-23(30-14-15-7-5-4-6-8-15)22(29-2)11-18(16)20-12-21(26)19(24(27)28)13-25(17)20/h4-8,10-13,17H,3,9,14H2,1-2H3,(H,27,28). The van der Waals surface area contributed by atoms with Crippen LogP contribution in [-0.2, 0) is 13.0 Å². The van der Waals surface area contributed by atoms with Gasteiger partial charge in [-0.2, -0.15) is 0 Å². The summed E-state index contributed by atoms with van der Waals surface area (Å²) in [7, 11) is 1.58. The van der Waals surface area contributed by atoms with Crippen LogP contribution >= 0.6 is 0 Å². The van der Waals surface area contributed by atoms with Gasteiger partial charge in [-0.05, 0) is 36.1 Å². The molecule has 1 aliphatic rings. The van der Waals surface area contributed by atoms with Crippen LogP contribution in [0.15, 0.2) is 59.5 Å². The Balaban J connectivity index is 1.78. The highest BCUT2D eigenvalue weighted by atomic mass is 16.5. The lowest BCUT2D eigenvalue weighted by Crippen LogP contribution is -2.25. The van der Waals surface area contributed by atoms with Crippen molar-refractivity contribution in [1.82, 2.24) is 4.57 Å². The number of aromatic nitrogens is 1. The van der Waals surface area contributed by atoms with Crippen molar-refractivity contribution in [2.45, 2.75) is 32.4 Å². The Morgan fingerprint density at radius 1 is 1.17 bits per heavy atom. The molecule has 6 heteroatoms.